The Bertz CT molecular complexity index is 1590. The fourth-order valence-corrected chi connectivity index (χ4v) is 6.49. The molecule has 0 amide bonds. The second-order valence-corrected chi connectivity index (χ2v) is 11.5. The Kier molecular flexibility index (Phi) is 7.61. The average molecular weight is 548 g/mol. The monoisotopic (exact) mass is 546 g/mol. The van der Waals surface area contributed by atoms with E-state index in [1.807, 2.05) is 20.8 Å². The number of rotatable bonds is 8. The molecule has 36 heavy (non-hydrogen) atoms. The Morgan fingerprint density at radius 3 is 2.22 bits per heavy atom. The second-order valence-electron chi connectivity index (χ2n) is 8.70. The van der Waals surface area contributed by atoms with Crippen molar-refractivity contribution in [2.45, 2.75) is 45.4 Å². The number of hydrogen-bond donors (Lipinski definition) is 1. The summed E-state index contributed by atoms with van der Waals surface area (Å²) in [6.07, 6.45) is 1.48. The van der Waals surface area contributed by atoms with E-state index in [-0.39, 0.29) is 10.5 Å². The summed E-state index contributed by atoms with van der Waals surface area (Å²) >= 11 is 12.6. The zero-order chi connectivity index (χ0) is 26.2. The van der Waals surface area contributed by atoms with Crippen LogP contribution in [0.3, 0.4) is 0 Å². The summed E-state index contributed by atoms with van der Waals surface area (Å²) in [5.41, 5.74) is 4.00. The highest BCUT2D eigenvalue weighted by molar-refractivity contribution is 7.89. The normalized spacial score (nSPS) is 12.1. The molecule has 0 aliphatic rings. The lowest BCUT2D eigenvalue weighted by Gasteiger charge is -2.21. The van der Waals surface area contributed by atoms with Crippen LogP contribution in [-0.4, -0.2) is 40.4 Å². The van der Waals surface area contributed by atoms with E-state index < -0.39 is 10.0 Å². The number of benzene rings is 2. The van der Waals surface area contributed by atoms with Crippen molar-refractivity contribution >= 4 is 38.9 Å². The van der Waals surface area contributed by atoms with E-state index in [0.29, 0.717) is 62.4 Å². The third-order valence-electron chi connectivity index (χ3n) is 6.12. The molecule has 7 nitrogen and oxygen atoms in total. The molecule has 10 heteroatoms. The van der Waals surface area contributed by atoms with Crippen LogP contribution in [0.1, 0.15) is 37.9 Å². The first-order chi connectivity index (χ1) is 17.1. The highest BCUT2D eigenvalue weighted by atomic mass is 35.5. The van der Waals surface area contributed by atoms with Gasteiger partial charge in [-0.15, -0.1) is 0 Å². The molecule has 0 atom stereocenters. The molecule has 0 aliphatic carbocycles. The molecule has 2 aromatic carbocycles. The molecule has 0 unspecified atom stereocenters. The van der Waals surface area contributed by atoms with Crippen molar-refractivity contribution in [1.29, 1.82) is 0 Å². The number of nitrogens with one attached hydrogen (secondary N) is 1. The lowest BCUT2D eigenvalue weighted by Crippen LogP contribution is -2.32. The molecule has 0 saturated carbocycles. The van der Waals surface area contributed by atoms with Crippen LogP contribution in [0.5, 0.6) is 0 Å². The number of hydrogen-bond acceptors (Lipinski definition) is 4. The summed E-state index contributed by atoms with van der Waals surface area (Å²) in [4.78, 5) is 16.8. The van der Waals surface area contributed by atoms with Crippen LogP contribution >= 0.6 is 23.2 Å². The third kappa shape index (κ3) is 4.70. The minimum Gasteiger partial charge on any atom is -0.339 e. The predicted octanol–water partition coefficient (Wildman–Crippen LogP) is 6.09. The fourth-order valence-electron chi connectivity index (χ4n) is 4.36. The van der Waals surface area contributed by atoms with Crippen molar-refractivity contribution in [2.75, 3.05) is 13.1 Å². The van der Waals surface area contributed by atoms with Crippen LogP contribution in [0.4, 0.5) is 0 Å². The summed E-state index contributed by atoms with van der Waals surface area (Å²) in [5, 5.41) is 5.40. The molecule has 0 fully saturated rings. The molecule has 4 aromatic rings. The van der Waals surface area contributed by atoms with Gasteiger partial charge in [0.15, 0.2) is 0 Å². The van der Waals surface area contributed by atoms with Gasteiger partial charge in [-0.05, 0) is 56.5 Å². The van der Waals surface area contributed by atoms with Gasteiger partial charge in [0.05, 0.1) is 21.3 Å². The summed E-state index contributed by atoms with van der Waals surface area (Å²) in [6, 6.07) is 11.8. The predicted molar refractivity (Wildman–Crippen MR) is 146 cm³/mol. The lowest BCUT2D eigenvalue weighted by molar-refractivity contribution is 0.410. The molecule has 4 rings (SSSR count). The maximum Gasteiger partial charge on any atom is 0.277 e. The number of nitrogens with zero attached hydrogens (tertiary/aromatic N) is 3. The van der Waals surface area contributed by atoms with Crippen molar-refractivity contribution < 1.29 is 8.42 Å². The minimum absolute atomic E-state index is 0.225. The Balaban J connectivity index is 1.84. The molecular formula is C26H28Cl2N4O3S. The first-order valence-corrected chi connectivity index (χ1v) is 14.0. The molecule has 190 valence electrons. The molecule has 0 aliphatic heterocycles. The smallest absolute Gasteiger partial charge is 0.277 e. The van der Waals surface area contributed by atoms with Gasteiger partial charge in [0, 0.05) is 34.8 Å². The number of fused-ring (bicyclic) bond motifs is 1. The van der Waals surface area contributed by atoms with E-state index >= 15 is 0 Å². The van der Waals surface area contributed by atoms with Crippen LogP contribution in [0, 0.1) is 13.8 Å². The fraction of sp³-hybridized carbons (Fsp3) is 0.308. The highest BCUT2D eigenvalue weighted by Gasteiger charge is 2.24. The van der Waals surface area contributed by atoms with Crippen molar-refractivity contribution in [3.05, 3.63) is 74.1 Å². The van der Waals surface area contributed by atoms with E-state index in [1.54, 1.807) is 49.4 Å². The average Bonchev–Trinajstić information content (AvgIpc) is 3.17. The standard InChI is InChI=1S/C26H28Cl2N4O3S/c1-5-13-31(14-6-2)36(34,35)20-10-7-18(8-11-20)24-16(3)26(33)32-25(29-24)23(17(4)30-32)21-12-9-19(27)15-22(21)28/h7-12,15,29H,5-6,13-14H2,1-4H3. The van der Waals surface area contributed by atoms with Crippen molar-refractivity contribution in [3.8, 4) is 22.4 Å². The van der Waals surface area contributed by atoms with Crippen molar-refractivity contribution in [3.63, 3.8) is 0 Å². The number of aryl methyl sites for hydroxylation is 1. The molecular weight excluding hydrogens is 519 g/mol. The van der Waals surface area contributed by atoms with E-state index in [2.05, 4.69) is 10.1 Å². The number of halogens is 2. The van der Waals surface area contributed by atoms with Gasteiger partial charge in [-0.1, -0.05) is 55.2 Å². The zero-order valence-electron chi connectivity index (χ0n) is 20.6. The number of aromatic amines is 1. The van der Waals surface area contributed by atoms with Crippen molar-refractivity contribution in [1.82, 2.24) is 18.9 Å². The van der Waals surface area contributed by atoms with Crippen LogP contribution in [0.25, 0.3) is 28.0 Å². The van der Waals surface area contributed by atoms with E-state index in [0.717, 1.165) is 12.8 Å². The van der Waals surface area contributed by atoms with Crippen LogP contribution in [0.2, 0.25) is 10.0 Å². The quantitative estimate of drug-likeness (QED) is 0.289. The molecule has 0 bridgehead atoms. The largest absolute Gasteiger partial charge is 0.339 e. The first-order valence-electron chi connectivity index (χ1n) is 11.8. The maximum absolute atomic E-state index is 13.2. The number of H-pyrrole nitrogens is 1. The van der Waals surface area contributed by atoms with Crippen molar-refractivity contribution in [2.24, 2.45) is 0 Å². The van der Waals surface area contributed by atoms with Gasteiger partial charge in [-0.25, -0.2) is 8.42 Å². The Morgan fingerprint density at radius 2 is 1.64 bits per heavy atom. The van der Waals surface area contributed by atoms with Crippen LogP contribution in [0.15, 0.2) is 52.2 Å². The van der Waals surface area contributed by atoms with Gasteiger partial charge < -0.3 is 4.98 Å². The Morgan fingerprint density at radius 1 is 1.00 bits per heavy atom. The lowest BCUT2D eigenvalue weighted by atomic mass is 10.0. The second kappa shape index (κ2) is 10.4. The molecule has 2 aromatic heterocycles. The van der Waals surface area contributed by atoms with Gasteiger partial charge in [-0.3, -0.25) is 4.79 Å². The molecule has 1 N–H and O–H groups in total. The Labute approximate surface area is 220 Å². The summed E-state index contributed by atoms with van der Waals surface area (Å²) < 4.78 is 29.1. The molecule has 0 radical (unpaired) electrons. The maximum atomic E-state index is 13.2. The van der Waals surface area contributed by atoms with Gasteiger partial charge in [-0.2, -0.15) is 13.9 Å². The van der Waals surface area contributed by atoms with Crippen LogP contribution < -0.4 is 5.56 Å². The van der Waals surface area contributed by atoms with E-state index in [1.165, 1.54) is 8.82 Å². The SMILES string of the molecule is CCCN(CCC)S(=O)(=O)c1ccc(-c2[nH]c3c(-c4ccc(Cl)cc4Cl)c(C)nn3c(=O)c2C)cc1. The molecule has 0 saturated heterocycles. The van der Waals surface area contributed by atoms with Crippen LogP contribution in [-0.2, 0) is 10.0 Å². The highest BCUT2D eigenvalue weighted by Crippen LogP contribution is 2.35. The zero-order valence-corrected chi connectivity index (χ0v) is 22.9. The number of sulfonamides is 1. The first kappa shape index (κ1) is 26.4. The summed E-state index contributed by atoms with van der Waals surface area (Å²) in [6.45, 7) is 8.39. The molecule has 0 spiro atoms. The number of aromatic nitrogens is 3. The minimum atomic E-state index is -3.60. The topological polar surface area (TPSA) is 87.5 Å². The third-order valence-corrected chi connectivity index (χ3v) is 8.58. The van der Waals surface area contributed by atoms with E-state index in [4.69, 9.17) is 23.2 Å². The van der Waals surface area contributed by atoms with Gasteiger partial charge >= 0.3 is 0 Å². The Hall–Kier alpha value is -2.65. The van der Waals surface area contributed by atoms with Gasteiger partial charge in [0.1, 0.15) is 5.65 Å². The van der Waals surface area contributed by atoms with Gasteiger partial charge in [0.2, 0.25) is 10.0 Å². The molecule has 2 heterocycles. The summed E-state index contributed by atoms with van der Waals surface area (Å²) in [5.74, 6) is 0. The van der Waals surface area contributed by atoms with E-state index in [9.17, 15) is 13.2 Å². The summed E-state index contributed by atoms with van der Waals surface area (Å²) in [7, 11) is -3.60. The van der Waals surface area contributed by atoms with Gasteiger partial charge in [0.25, 0.3) is 5.56 Å².